The van der Waals surface area contributed by atoms with Crippen LogP contribution in [0.4, 0.5) is 0 Å². The fraction of sp³-hybridized carbons (Fsp3) is 0.294. The minimum absolute atomic E-state index is 0.0614. The summed E-state index contributed by atoms with van der Waals surface area (Å²) in [4.78, 5) is 0. The molecule has 0 atom stereocenters. The van der Waals surface area contributed by atoms with E-state index < -0.39 is 0 Å². The van der Waals surface area contributed by atoms with Gasteiger partial charge in [-0.3, -0.25) is 0 Å². The Morgan fingerprint density at radius 3 is 2.38 bits per heavy atom. The van der Waals surface area contributed by atoms with Crippen molar-refractivity contribution in [3.05, 3.63) is 59.2 Å². The molecule has 0 bridgehead atoms. The molecule has 0 aliphatic heterocycles. The summed E-state index contributed by atoms with van der Waals surface area (Å²) in [7, 11) is 3.55. The van der Waals surface area contributed by atoms with E-state index in [9.17, 15) is 0 Å². The van der Waals surface area contributed by atoms with Crippen molar-refractivity contribution >= 4 is 0 Å². The van der Waals surface area contributed by atoms with Crippen molar-refractivity contribution in [2.24, 2.45) is 0 Å². The average Bonchev–Trinajstić information content (AvgIpc) is 2.54. The van der Waals surface area contributed by atoms with E-state index in [2.05, 4.69) is 5.32 Å². The van der Waals surface area contributed by atoms with Crippen molar-refractivity contribution in [1.82, 2.24) is 5.32 Å². The van der Waals surface area contributed by atoms with E-state index in [4.69, 9.17) is 14.6 Å². The van der Waals surface area contributed by atoms with Crippen LogP contribution in [0.5, 0.6) is 11.5 Å². The van der Waals surface area contributed by atoms with Gasteiger partial charge in [-0.1, -0.05) is 24.3 Å². The number of aliphatic hydroxyl groups is 1. The molecule has 0 aliphatic rings. The third-order valence-electron chi connectivity index (χ3n) is 3.23. The first kappa shape index (κ1) is 15.4. The van der Waals surface area contributed by atoms with E-state index in [0.29, 0.717) is 6.61 Å². The molecule has 0 aliphatic carbocycles. The number of rotatable bonds is 7. The molecule has 0 unspecified atom stereocenters. The molecule has 4 nitrogen and oxygen atoms in total. The van der Waals surface area contributed by atoms with Crippen LogP contribution in [0.1, 0.15) is 16.7 Å². The van der Waals surface area contributed by atoms with Crippen LogP contribution in [0.3, 0.4) is 0 Å². The monoisotopic (exact) mass is 287 g/mol. The van der Waals surface area contributed by atoms with Gasteiger partial charge in [-0.05, 0) is 36.4 Å². The molecule has 2 aromatic carbocycles. The van der Waals surface area contributed by atoms with Crippen LogP contribution in [-0.2, 0) is 19.8 Å². The molecular weight excluding hydrogens is 266 g/mol. The second kappa shape index (κ2) is 7.67. The second-order valence-electron chi connectivity index (χ2n) is 4.77. The summed E-state index contributed by atoms with van der Waals surface area (Å²) in [6.45, 7) is 1.27. The van der Waals surface area contributed by atoms with E-state index in [1.165, 1.54) is 0 Å². The zero-order valence-electron chi connectivity index (χ0n) is 12.4. The summed E-state index contributed by atoms with van der Waals surface area (Å²) in [6, 6.07) is 13.5. The van der Waals surface area contributed by atoms with E-state index in [0.717, 1.165) is 34.7 Å². The summed E-state index contributed by atoms with van der Waals surface area (Å²) in [5, 5.41) is 12.2. The van der Waals surface area contributed by atoms with Crippen molar-refractivity contribution in [2.75, 3.05) is 14.2 Å². The maximum Gasteiger partial charge on any atom is 0.124 e. The zero-order chi connectivity index (χ0) is 15.1. The number of ether oxygens (including phenoxy) is 2. The Bertz CT molecular complexity index is 567. The lowest BCUT2D eigenvalue weighted by molar-refractivity contribution is 0.281. The number of benzene rings is 2. The average molecular weight is 287 g/mol. The normalized spacial score (nSPS) is 10.4. The highest BCUT2D eigenvalue weighted by Gasteiger charge is 2.06. The molecule has 0 saturated carbocycles. The molecule has 0 saturated heterocycles. The van der Waals surface area contributed by atoms with E-state index in [1.54, 1.807) is 7.11 Å². The molecule has 112 valence electrons. The molecule has 0 aromatic heterocycles. The van der Waals surface area contributed by atoms with E-state index in [-0.39, 0.29) is 6.61 Å². The Balaban J connectivity index is 2.07. The van der Waals surface area contributed by atoms with Crippen LogP contribution in [0.25, 0.3) is 0 Å². The molecular formula is C17H21NO3. The maximum absolute atomic E-state index is 9.03. The molecule has 0 radical (unpaired) electrons. The summed E-state index contributed by atoms with van der Waals surface area (Å²) in [6.07, 6.45) is 0. The fourth-order valence-electron chi connectivity index (χ4n) is 2.05. The van der Waals surface area contributed by atoms with Gasteiger partial charge in [0.1, 0.15) is 18.1 Å². The molecule has 2 N–H and O–H groups in total. The van der Waals surface area contributed by atoms with Gasteiger partial charge in [0.2, 0.25) is 0 Å². The van der Waals surface area contributed by atoms with Gasteiger partial charge in [0.05, 0.1) is 13.7 Å². The lowest BCUT2D eigenvalue weighted by atomic mass is 10.1. The first-order valence-electron chi connectivity index (χ1n) is 6.90. The van der Waals surface area contributed by atoms with Gasteiger partial charge in [-0.2, -0.15) is 0 Å². The predicted molar refractivity (Wildman–Crippen MR) is 82.5 cm³/mol. The van der Waals surface area contributed by atoms with Gasteiger partial charge in [0, 0.05) is 12.1 Å². The number of hydrogen-bond acceptors (Lipinski definition) is 4. The first-order valence-corrected chi connectivity index (χ1v) is 6.90. The number of methoxy groups -OCH3 is 1. The van der Waals surface area contributed by atoms with Crippen LogP contribution in [0.2, 0.25) is 0 Å². The fourth-order valence-corrected chi connectivity index (χ4v) is 2.05. The lowest BCUT2D eigenvalue weighted by Gasteiger charge is -2.13. The van der Waals surface area contributed by atoms with Crippen LogP contribution >= 0.6 is 0 Å². The summed E-state index contributed by atoms with van der Waals surface area (Å²) < 4.78 is 11.1. The Labute approximate surface area is 125 Å². The van der Waals surface area contributed by atoms with Gasteiger partial charge in [-0.25, -0.2) is 0 Å². The molecule has 0 amide bonds. The van der Waals surface area contributed by atoms with E-state index >= 15 is 0 Å². The van der Waals surface area contributed by atoms with Gasteiger partial charge in [0.15, 0.2) is 0 Å². The largest absolute Gasteiger partial charge is 0.497 e. The second-order valence-corrected chi connectivity index (χ2v) is 4.77. The quantitative estimate of drug-likeness (QED) is 0.821. The first-order chi connectivity index (χ1) is 10.3. The van der Waals surface area contributed by atoms with Gasteiger partial charge in [-0.15, -0.1) is 0 Å². The van der Waals surface area contributed by atoms with Crippen LogP contribution in [-0.4, -0.2) is 19.3 Å². The molecule has 2 aromatic rings. The SMILES string of the molecule is CNCc1cc(OC)ccc1OCc1ccc(CO)cc1. The maximum atomic E-state index is 9.03. The zero-order valence-corrected chi connectivity index (χ0v) is 12.4. The van der Waals surface area contributed by atoms with E-state index in [1.807, 2.05) is 49.5 Å². The third kappa shape index (κ3) is 4.21. The van der Waals surface area contributed by atoms with Crippen molar-refractivity contribution in [3.63, 3.8) is 0 Å². The Hall–Kier alpha value is -2.04. The molecule has 0 spiro atoms. The number of nitrogens with one attached hydrogen (secondary N) is 1. The van der Waals surface area contributed by atoms with Crippen LogP contribution < -0.4 is 14.8 Å². The van der Waals surface area contributed by atoms with Gasteiger partial charge in [0.25, 0.3) is 0 Å². The standard InChI is InChI=1S/C17H21NO3/c1-18-10-15-9-16(20-2)7-8-17(15)21-12-14-5-3-13(11-19)4-6-14/h3-9,18-19H,10-12H2,1-2H3. The lowest BCUT2D eigenvalue weighted by Crippen LogP contribution is -2.08. The molecule has 0 fully saturated rings. The van der Waals surface area contributed by atoms with Gasteiger partial charge >= 0.3 is 0 Å². The molecule has 4 heteroatoms. The molecule has 21 heavy (non-hydrogen) atoms. The van der Waals surface area contributed by atoms with Crippen molar-refractivity contribution in [1.29, 1.82) is 0 Å². The third-order valence-corrected chi connectivity index (χ3v) is 3.23. The number of aliphatic hydroxyl groups excluding tert-OH is 1. The van der Waals surface area contributed by atoms with Crippen molar-refractivity contribution < 1.29 is 14.6 Å². The van der Waals surface area contributed by atoms with Gasteiger partial charge < -0.3 is 19.9 Å². The van der Waals surface area contributed by atoms with Crippen LogP contribution in [0, 0.1) is 0 Å². The summed E-state index contributed by atoms with van der Waals surface area (Å²) >= 11 is 0. The Morgan fingerprint density at radius 2 is 1.76 bits per heavy atom. The summed E-state index contributed by atoms with van der Waals surface area (Å²) in [5.41, 5.74) is 3.03. The molecule has 2 rings (SSSR count). The predicted octanol–water partition coefficient (Wildman–Crippen LogP) is 2.49. The summed E-state index contributed by atoms with van der Waals surface area (Å²) in [5.74, 6) is 1.66. The Kier molecular flexibility index (Phi) is 5.60. The van der Waals surface area contributed by atoms with Crippen molar-refractivity contribution in [2.45, 2.75) is 19.8 Å². The number of hydrogen-bond donors (Lipinski definition) is 2. The minimum Gasteiger partial charge on any atom is -0.497 e. The highest BCUT2D eigenvalue weighted by molar-refractivity contribution is 5.40. The topological polar surface area (TPSA) is 50.7 Å². The minimum atomic E-state index is 0.0614. The highest BCUT2D eigenvalue weighted by Crippen LogP contribution is 2.25. The molecule has 0 heterocycles. The Morgan fingerprint density at radius 1 is 1.05 bits per heavy atom. The van der Waals surface area contributed by atoms with Crippen LogP contribution in [0.15, 0.2) is 42.5 Å². The smallest absolute Gasteiger partial charge is 0.124 e. The highest BCUT2D eigenvalue weighted by atomic mass is 16.5. The van der Waals surface area contributed by atoms with Crippen molar-refractivity contribution in [3.8, 4) is 11.5 Å².